The molecule has 0 unspecified atom stereocenters. The zero-order valence-electron chi connectivity index (χ0n) is 12.0. The molecule has 1 heterocycles. The minimum absolute atomic E-state index is 0.0301. The monoisotopic (exact) mass is 294 g/mol. The molecule has 1 saturated heterocycles. The van der Waals surface area contributed by atoms with E-state index in [1.165, 1.54) is 5.56 Å². The number of amides is 1. The fourth-order valence-corrected chi connectivity index (χ4v) is 2.83. The lowest BCUT2D eigenvalue weighted by atomic mass is 10.1. The zero-order valence-corrected chi connectivity index (χ0v) is 12.8. The van der Waals surface area contributed by atoms with Crippen LogP contribution < -0.4 is 10.6 Å². The van der Waals surface area contributed by atoms with Crippen molar-refractivity contribution in [1.82, 2.24) is 5.32 Å². The van der Waals surface area contributed by atoms with Crippen LogP contribution in [-0.4, -0.2) is 37.0 Å². The van der Waals surface area contributed by atoms with Crippen LogP contribution in [-0.2, 0) is 15.3 Å². The lowest BCUT2D eigenvalue weighted by Gasteiger charge is -2.29. The van der Waals surface area contributed by atoms with E-state index < -0.39 is 0 Å². The molecule has 0 spiro atoms. The lowest BCUT2D eigenvalue weighted by Crippen LogP contribution is -2.53. The summed E-state index contributed by atoms with van der Waals surface area (Å²) in [7, 11) is 0. The van der Waals surface area contributed by atoms with Gasteiger partial charge in [-0.3, -0.25) is 4.79 Å². The van der Waals surface area contributed by atoms with Crippen LogP contribution in [0.25, 0.3) is 0 Å². The van der Waals surface area contributed by atoms with Crippen LogP contribution in [0.1, 0.15) is 19.4 Å². The lowest BCUT2D eigenvalue weighted by molar-refractivity contribution is -0.123. The summed E-state index contributed by atoms with van der Waals surface area (Å²) in [5.41, 5.74) is 2.08. The maximum absolute atomic E-state index is 12.2. The van der Waals surface area contributed by atoms with Crippen molar-refractivity contribution in [2.24, 2.45) is 0 Å². The van der Waals surface area contributed by atoms with Gasteiger partial charge in [-0.05, 0) is 30.4 Å². The molecule has 0 saturated carbocycles. The predicted molar refractivity (Wildman–Crippen MR) is 84.1 cm³/mol. The van der Waals surface area contributed by atoms with E-state index >= 15 is 0 Å². The van der Waals surface area contributed by atoms with Crippen LogP contribution in [0.2, 0.25) is 0 Å². The number of carbonyl (C=O) groups excluding carboxylic acids is 1. The van der Waals surface area contributed by atoms with Crippen LogP contribution >= 0.6 is 11.8 Å². The van der Waals surface area contributed by atoms with Crippen LogP contribution in [0.4, 0.5) is 5.69 Å². The van der Waals surface area contributed by atoms with Gasteiger partial charge in [-0.1, -0.05) is 19.1 Å². The highest BCUT2D eigenvalue weighted by Gasteiger charge is 2.28. The summed E-state index contributed by atoms with van der Waals surface area (Å²) in [5, 5.41) is 6.16. The minimum atomic E-state index is -0.280. The Balaban J connectivity index is 1.96. The van der Waals surface area contributed by atoms with Crippen molar-refractivity contribution < 1.29 is 9.53 Å². The van der Waals surface area contributed by atoms with E-state index in [4.69, 9.17) is 4.74 Å². The highest BCUT2D eigenvalue weighted by atomic mass is 32.2. The van der Waals surface area contributed by atoms with Gasteiger partial charge in [0.1, 0.15) is 6.04 Å². The standard InChI is InChI=1S/C15H22N2O2S/c1-3-20-10-12-5-4-6-13(9-12)17-15(18)14-11(2)19-8-7-16-14/h4-6,9,11,14,16H,3,7-8,10H2,1-2H3,(H,17,18)/t11-,14+/m1/s1. The summed E-state index contributed by atoms with van der Waals surface area (Å²) in [6, 6.07) is 7.75. The largest absolute Gasteiger partial charge is 0.375 e. The number of morpholine rings is 1. The van der Waals surface area contributed by atoms with Gasteiger partial charge in [-0.2, -0.15) is 11.8 Å². The quantitative estimate of drug-likeness (QED) is 0.874. The minimum Gasteiger partial charge on any atom is -0.375 e. The molecular weight excluding hydrogens is 272 g/mol. The second-order valence-electron chi connectivity index (χ2n) is 4.83. The zero-order chi connectivity index (χ0) is 14.4. The highest BCUT2D eigenvalue weighted by Crippen LogP contribution is 2.17. The first kappa shape index (κ1) is 15.4. The molecule has 1 amide bonds. The Kier molecular flexibility index (Phi) is 5.88. The number of nitrogens with one attached hydrogen (secondary N) is 2. The number of carbonyl (C=O) groups is 1. The Morgan fingerprint density at radius 3 is 3.15 bits per heavy atom. The van der Waals surface area contributed by atoms with Crippen molar-refractivity contribution in [1.29, 1.82) is 0 Å². The molecular formula is C15H22N2O2S. The number of hydrogen-bond acceptors (Lipinski definition) is 4. The third-order valence-corrected chi connectivity index (χ3v) is 4.21. The molecule has 0 aromatic heterocycles. The molecule has 0 radical (unpaired) electrons. The van der Waals surface area contributed by atoms with Gasteiger partial charge in [-0.25, -0.2) is 0 Å². The molecule has 110 valence electrons. The Hall–Kier alpha value is -1.04. The number of rotatable bonds is 5. The summed E-state index contributed by atoms with van der Waals surface area (Å²) in [6.07, 6.45) is -0.0948. The first-order valence-electron chi connectivity index (χ1n) is 7.03. The topological polar surface area (TPSA) is 50.4 Å². The summed E-state index contributed by atoms with van der Waals surface area (Å²) in [5.74, 6) is 2.04. The van der Waals surface area contributed by atoms with Crippen LogP contribution in [0, 0.1) is 0 Å². The molecule has 1 aromatic rings. The Morgan fingerprint density at radius 1 is 1.55 bits per heavy atom. The Labute approximate surface area is 124 Å². The Bertz CT molecular complexity index is 453. The van der Waals surface area contributed by atoms with Crippen molar-refractivity contribution in [2.45, 2.75) is 31.7 Å². The van der Waals surface area contributed by atoms with E-state index in [0.717, 1.165) is 23.7 Å². The number of thioether (sulfide) groups is 1. The summed E-state index contributed by atoms with van der Waals surface area (Å²) in [4.78, 5) is 12.2. The van der Waals surface area contributed by atoms with Gasteiger partial charge in [0, 0.05) is 18.0 Å². The third-order valence-electron chi connectivity index (χ3n) is 3.27. The first-order chi connectivity index (χ1) is 9.70. The van der Waals surface area contributed by atoms with Crippen molar-refractivity contribution in [2.75, 3.05) is 24.2 Å². The molecule has 1 aliphatic heterocycles. The van der Waals surface area contributed by atoms with Gasteiger partial charge in [0.05, 0.1) is 12.7 Å². The number of hydrogen-bond donors (Lipinski definition) is 2. The molecule has 20 heavy (non-hydrogen) atoms. The van der Waals surface area contributed by atoms with E-state index in [1.807, 2.05) is 36.9 Å². The molecule has 1 fully saturated rings. The maximum atomic E-state index is 12.2. The van der Waals surface area contributed by atoms with Crippen LogP contribution in [0.5, 0.6) is 0 Å². The van der Waals surface area contributed by atoms with Gasteiger partial charge < -0.3 is 15.4 Å². The van der Waals surface area contributed by atoms with E-state index in [0.29, 0.717) is 6.61 Å². The normalized spacial score (nSPS) is 22.5. The molecule has 4 nitrogen and oxygen atoms in total. The fourth-order valence-electron chi connectivity index (χ4n) is 2.21. The molecule has 1 aromatic carbocycles. The SMILES string of the molecule is CCSCc1cccc(NC(=O)[C@H]2NCCO[C@@H]2C)c1. The molecule has 1 aliphatic rings. The van der Waals surface area contributed by atoms with E-state index in [9.17, 15) is 4.79 Å². The van der Waals surface area contributed by atoms with Crippen LogP contribution in [0.15, 0.2) is 24.3 Å². The summed E-state index contributed by atoms with van der Waals surface area (Å²) < 4.78 is 5.50. The second-order valence-corrected chi connectivity index (χ2v) is 6.11. The van der Waals surface area contributed by atoms with Crippen molar-refractivity contribution in [3.8, 4) is 0 Å². The summed E-state index contributed by atoms with van der Waals surface area (Å²) >= 11 is 1.87. The van der Waals surface area contributed by atoms with Crippen LogP contribution in [0.3, 0.4) is 0 Å². The van der Waals surface area contributed by atoms with Gasteiger partial charge in [0.2, 0.25) is 5.91 Å². The van der Waals surface area contributed by atoms with Gasteiger partial charge >= 0.3 is 0 Å². The molecule has 5 heteroatoms. The smallest absolute Gasteiger partial charge is 0.244 e. The number of anilines is 1. The Morgan fingerprint density at radius 2 is 2.40 bits per heavy atom. The second kappa shape index (κ2) is 7.67. The average Bonchev–Trinajstić information content (AvgIpc) is 2.46. The van der Waals surface area contributed by atoms with E-state index in [2.05, 4.69) is 23.6 Å². The summed E-state index contributed by atoms with van der Waals surface area (Å²) in [6.45, 7) is 5.45. The molecule has 2 N–H and O–H groups in total. The van der Waals surface area contributed by atoms with Crippen molar-refractivity contribution >= 4 is 23.4 Å². The fraction of sp³-hybridized carbons (Fsp3) is 0.533. The van der Waals surface area contributed by atoms with Gasteiger partial charge in [-0.15, -0.1) is 0 Å². The predicted octanol–water partition coefficient (Wildman–Crippen LogP) is 2.26. The van der Waals surface area contributed by atoms with E-state index in [1.54, 1.807) is 0 Å². The first-order valence-corrected chi connectivity index (χ1v) is 8.18. The third kappa shape index (κ3) is 4.23. The average molecular weight is 294 g/mol. The number of benzene rings is 1. The maximum Gasteiger partial charge on any atom is 0.244 e. The van der Waals surface area contributed by atoms with Gasteiger partial charge in [0.25, 0.3) is 0 Å². The van der Waals surface area contributed by atoms with Gasteiger partial charge in [0.15, 0.2) is 0 Å². The highest BCUT2D eigenvalue weighted by molar-refractivity contribution is 7.98. The molecule has 2 rings (SSSR count). The molecule has 0 aliphatic carbocycles. The van der Waals surface area contributed by atoms with E-state index in [-0.39, 0.29) is 18.1 Å². The molecule has 2 atom stereocenters. The number of ether oxygens (including phenoxy) is 1. The van der Waals surface area contributed by atoms with Crippen molar-refractivity contribution in [3.63, 3.8) is 0 Å². The van der Waals surface area contributed by atoms with Crippen molar-refractivity contribution in [3.05, 3.63) is 29.8 Å². The molecule has 0 bridgehead atoms.